The lowest BCUT2D eigenvalue weighted by molar-refractivity contribution is -0.143. The zero-order chi connectivity index (χ0) is 25.6. The summed E-state index contributed by atoms with van der Waals surface area (Å²) in [6.45, 7) is -0.352. The van der Waals surface area contributed by atoms with E-state index in [0.29, 0.717) is 15.7 Å². The minimum absolute atomic E-state index is 0.0152. The number of thiazole rings is 1. The molecule has 12 heteroatoms. The van der Waals surface area contributed by atoms with E-state index in [1.54, 1.807) is 30.2 Å². The van der Waals surface area contributed by atoms with Crippen LogP contribution in [0.3, 0.4) is 0 Å². The van der Waals surface area contributed by atoms with Gasteiger partial charge in [-0.3, -0.25) is 24.1 Å². The first-order valence-corrected chi connectivity index (χ1v) is 14.3. The first-order valence-electron chi connectivity index (χ1n) is 11.8. The number of nitrogens with zero attached hydrogens (tertiary/aromatic N) is 1. The molecule has 4 heterocycles. The fourth-order valence-electron chi connectivity index (χ4n) is 6.94. The fraction of sp³-hybridized carbons (Fsp3) is 0.360. The molecule has 2 saturated carbocycles. The minimum atomic E-state index is -0.479. The molecule has 37 heavy (non-hydrogen) atoms. The number of nitrogens with one attached hydrogen (secondary N) is 2. The molecule has 4 aliphatic rings. The molecular formula is C25H19Cl2N3O5S2. The standard InChI is InChI=1S/C25H19Cl2N3O5S2/c26-12-4-3-9(6-13(12)27)28-15(31)8-30-23(32)17-10-7-11(18(17)24(30)33)20-16(10)19(14-2-1-5-35-14)21-22(36-20)29-25(34)37-21/h1-6,10-11,16-20H,7-8H2,(H,28,31)(H,29,34)/t10?,11?,16?,17?,18?,19-,20?/m1/s1. The van der Waals surface area contributed by atoms with Gasteiger partial charge in [-0.1, -0.05) is 34.5 Å². The van der Waals surface area contributed by atoms with Gasteiger partial charge in [-0.2, -0.15) is 0 Å². The van der Waals surface area contributed by atoms with Crippen LogP contribution in [-0.2, 0) is 14.4 Å². The van der Waals surface area contributed by atoms with Gasteiger partial charge in [-0.25, -0.2) is 0 Å². The van der Waals surface area contributed by atoms with E-state index in [9.17, 15) is 19.2 Å². The highest BCUT2D eigenvalue weighted by Gasteiger charge is 2.69. The van der Waals surface area contributed by atoms with Crippen LogP contribution in [0.2, 0.25) is 10.0 Å². The van der Waals surface area contributed by atoms with Crippen LogP contribution in [-0.4, -0.2) is 39.4 Å². The van der Waals surface area contributed by atoms with Crippen molar-refractivity contribution in [1.82, 2.24) is 9.88 Å². The lowest BCUT2D eigenvalue weighted by Gasteiger charge is -2.42. The summed E-state index contributed by atoms with van der Waals surface area (Å²) in [5, 5.41) is 4.25. The second kappa shape index (κ2) is 8.49. The molecule has 8 nitrogen and oxygen atoms in total. The van der Waals surface area contributed by atoms with E-state index in [2.05, 4.69) is 10.3 Å². The largest absolute Gasteiger partial charge is 0.469 e. The normalized spacial score (nSPS) is 31.4. The SMILES string of the molecule is O=C(CN1C(=O)C2C3CC(C2C1=O)C1C3Sc2[nH]c(=O)sc2[C@@H]1c1ccco1)Nc1ccc(Cl)c(Cl)c1. The second-order valence-electron chi connectivity index (χ2n) is 9.92. The molecular weight excluding hydrogens is 557 g/mol. The number of carbonyl (C=O) groups is 3. The number of fused-ring (bicyclic) bond motifs is 9. The van der Waals surface area contributed by atoms with Gasteiger partial charge >= 0.3 is 4.87 Å². The maximum absolute atomic E-state index is 13.6. The Balaban J connectivity index is 1.17. The van der Waals surface area contributed by atoms with Gasteiger partial charge in [0.15, 0.2) is 0 Å². The van der Waals surface area contributed by atoms with Crippen molar-refractivity contribution in [3.8, 4) is 0 Å². The molecule has 190 valence electrons. The van der Waals surface area contributed by atoms with Gasteiger partial charge in [0.25, 0.3) is 0 Å². The first kappa shape index (κ1) is 23.6. The summed E-state index contributed by atoms with van der Waals surface area (Å²) in [7, 11) is 0. The van der Waals surface area contributed by atoms with Crippen molar-refractivity contribution < 1.29 is 18.8 Å². The maximum atomic E-state index is 13.6. The summed E-state index contributed by atoms with van der Waals surface area (Å²) >= 11 is 14.8. The molecule has 2 bridgehead atoms. The van der Waals surface area contributed by atoms with E-state index in [-0.39, 0.29) is 52.2 Å². The van der Waals surface area contributed by atoms with Gasteiger partial charge in [-0.05, 0) is 54.5 Å². The van der Waals surface area contributed by atoms with Crippen LogP contribution in [0.1, 0.15) is 23.0 Å². The molecule has 3 aromatic rings. The molecule has 3 fully saturated rings. The predicted octanol–water partition coefficient (Wildman–Crippen LogP) is 4.45. The lowest BCUT2D eigenvalue weighted by Crippen LogP contribution is -2.42. The number of H-pyrrole nitrogens is 1. The average Bonchev–Trinajstić information content (AvgIpc) is 3.67. The molecule has 2 aliphatic carbocycles. The van der Waals surface area contributed by atoms with Crippen LogP contribution in [0, 0.1) is 29.6 Å². The van der Waals surface area contributed by atoms with Gasteiger partial charge < -0.3 is 14.7 Å². The van der Waals surface area contributed by atoms with Crippen molar-refractivity contribution in [2.45, 2.75) is 22.6 Å². The summed E-state index contributed by atoms with van der Waals surface area (Å²) in [5.74, 6) is -1.34. The zero-order valence-electron chi connectivity index (χ0n) is 19.0. The lowest BCUT2D eigenvalue weighted by atomic mass is 9.69. The minimum Gasteiger partial charge on any atom is -0.469 e. The van der Waals surface area contributed by atoms with Crippen molar-refractivity contribution in [2.75, 3.05) is 11.9 Å². The summed E-state index contributed by atoms with van der Waals surface area (Å²) < 4.78 is 5.81. The smallest absolute Gasteiger partial charge is 0.305 e. The van der Waals surface area contributed by atoms with Gasteiger partial charge in [0, 0.05) is 10.9 Å². The Morgan fingerprint density at radius 1 is 1.11 bits per heavy atom. The number of amides is 3. The predicted molar refractivity (Wildman–Crippen MR) is 139 cm³/mol. The molecule has 7 atom stereocenters. The summed E-state index contributed by atoms with van der Waals surface area (Å²) in [5.41, 5.74) is 0.433. The Morgan fingerprint density at radius 3 is 2.62 bits per heavy atom. The monoisotopic (exact) mass is 575 g/mol. The number of benzene rings is 1. The van der Waals surface area contributed by atoms with Crippen LogP contribution in [0.15, 0.2) is 50.8 Å². The molecule has 1 saturated heterocycles. The second-order valence-corrected chi connectivity index (χ2v) is 12.9. The van der Waals surface area contributed by atoms with E-state index in [4.69, 9.17) is 27.6 Å². The number of furan rings is 1. The number of hydrogen-bond donors (Lipinski definition) is 2. The highest BCUT2D eigenvalue weighted by molar-refractivity contribution is 8.00. The van der Waals surface area contributed by atoms with Crippen LogP contribution in [0.5, 0.6) is 0 Å². The zero-order valence-corrected chi connectivity index (χ0v) is 22.1. The quantitative estimate of drug-likeness (QED) is 0.444. The molecule has 2 aliphatic heterocycles. The first-order chi connectivity index (χ1) is 17.8. The Kier molecular flexibility index (Phi) is 5.41. The van der Waals surface area contributed by atoms with Crippen LogP contribution < -0.4 is 10.2 Å². The summed E-state index contributed by atoms with van der Waals surface area (Å²) in [6, 6.07) is 8.43. The number of imide groups is 1. The maximum Gasteiger partial charge on any atom is 0.305 e. The third-order valence-electron chi connectivity index (χ3n) is 8.17. The Labute approximate surface area is 228 Å². The van der Waals surface area contributed by atoms with Crippen LogP contribution in [0.4, 0.5) is 5.69 Å². The highest BCUT2D eigenvalue weighted by atomic mass is 35.5. The average molecular weight is 576 g/mol. The van der Waals surface area contributed by atoms with Crippen LogP contribution >= 0.6 is 46.3 Å². The number of thioether (sulfide) groups is 1. The molecule has 3 amide bonds. The molecule has 0 spiro atoms. The fourth-order valence-corrected chi connectivity index (χ4v) is 10.1. The van der Waals surface area contributed by atoms with E-state index in [1.807, 2.05) is 12.1 Å². The van der Waals surface area contributed by atoms with Crippen molar-refractivity contribution in [1.29, 1.82) is 0 Å². The number of carbonyl (C=O) groups excluding carboxylic acids is 3. The molecule has 6 unspecified atom stereocenters. The Hall–Kier alpha value is -2.53. The van der Waals surface area contributed by atoms with Gasteiger partial charge in [0.05, 0.1) is 44.0 Å². The van der Waals surface area contributed by atoms with E-state index >= 15 is 0 Å². The number of hydrogen-bond acceptors (Lipinski definition) is 7. The summed E-state index contributed by atoms with van der Waals surface area (Å²) in [4.78, 5) is 57.0. The number of rotatable bonds is 4. The van der Waals surface area contributed by atoms with Crippen LogP contribution in [0.25, 0.3) is 0 Å². The summed E-state index contributed by atoms with van der Waals surface area (Å²) in [6.07, 6.45) is 2.39. The molecule has 2 aromatic heterocycles. The number of aromatic nitrogens is 1. The van der Waals surface area contributed by atoms with E-state index < -0.39 is 17.7 Å². The highest BCUT2D eigenvalue weighted by Crippen LogP contribution is 2.68. The van der Waals surface area contributed by atoms with Gasteiger partial charge in [0.2, 0.25) is 17.7 Å². The number of aromatic amines is 1. The van der Waals surface area contributed by atoms with Crippen molar-refractivity contribution in [3.63, 3.8) is 0 Å². The number of halogens is 2. The molecule has 7 rings (SSSR count). The number of likely N-dealkylation sites (tertiary alicyclic amines) is 1. The number of anilines is 1. The van der Waals surface area contributed by atoms with E-state index in [1.165, 1.54) is 17.4 Å². The van der Waals surface area contributed by atoms with Gasteiger partial charge in [-0.15, -0.1) is 11.8 Å². The van der Waals surface area contributed by atoms with Crippen molar-refractivity contribution >= 4 is 69.7 Å². The van der Waals surface area contributed by atoms with E-state index in [0.717, 1.165) is 27.0 Å². The Bertz CT molecular complexity index is 1520. The molecule has 0 radical (unpaired) electrons. The Morgan fingerprint density at radius 2 is 1.89 bits per heavy atom. The molecule has 2 N–H and O–H groups in total. The topological polar surface area (TPSA) is 112 Å². The van der Waals surface area contributed by atoms with Gasteiger partial charge in [0.1, 0.15) is 12.3 Å². The third kappa shape index (κ3) is 3.49. The van der Waals surface area contributed by atoms with Crippen molar-refractivity contribution in [3.05, 3.63) is 66.9 Å². The molecule has 1 aromatic carbocycles. The van der Waals surface area contributed by atoms with Crippen molar-refractivity contribution in [2.24, 2.45) is 29.6 Å². The third-order valence-corrected chi connectivity index (χ3v) is 11.5.